The first-order valence-corrected chi connectivity index (χ1v) is 8.55. The predicted octanol–water partition coefficient (Wildman–Crippen LogP) is 1.95. The van der Waals surface area contributed by atoms with Gasteiger partial charge in [-0.15, -0.1) is 4.83 Å². The van der Waals surface area contributed by atoms with Crippen molar-refractivity contribution in [2.24, 2.45) is 0 Å². The summed E-state index contributed by atoms with van der Waals surface area (Å²) in [6.07, 6.45) is 0.835. The quantitative estimate of drug-likeness (QED) is 0.936. The van der Waals surface area contributed by atoms with Crippen molar-refractivity contribution in [2.75, 3.05) is 13.7 Å². The van der Waals surface area contributed by atoms with Gasteiger partial charge < -0.3 is 4.74 Å². The van der Waals surface area contributed by atoms with Gasteiger partial charge in [0.2, 0.25) is 0 Å². The number of sulfonamides is 1. The minimum absolute atomic E-state index is 0.229. The molecule has 6 heteroatoms. The van der Waals surface area contributed by atoms with Gasteiger partial charge in [0.15, 0.2) is 0 Å². The molecule has 0 saturated carbocycles. The fraction of sp³-hybridized carbons (Fsp3) is 0.250. The van der Waals surface area contributed by atoms with Gasteiger partial charge in [0.05, 0.1) is 12.0 Å². The molecule has 116 valence electrons. The fourth-order valence-corrected chi connectivity index (χ4v) is 3.65. The lowest BCUT2D eigenvalue weighted by atomic mass is 10.0. The average molecular weight is 318 g/mol. The number of fused-ring (bicyclic) bond motifs is 1. The first-order chi connectivity index (χ1) is 10.6. The molecule has 0 amide bonds. The third kappa shape index (κ3) is 3.14. The van der Waals surface area contributed by atoms with Crippen molar-refractivity contribution in [3.63, 3.8) is 0 Å². The maximum Gasteiger partial charge on any atom is 0.253 e. The molecule has 5 nitrogen and oxygen atoms in total. The van der Waals surface area contributed by atoms with Gasteiger partial charge >= 0.3 is 0 Å². The van der Waals surface area contributed by atoms with E-state index in [1.165, 1.54) is 5.56 Å². The van der Waals surface area contributed by atoms with E-state index in [2.05, 4.69) is 10.9 Å². The highest BCUT2D eigenvalue weighted by atomic mass is 32.2. The Morgan fingerprint density at radius 3 is 2.41 bits per heavy atom. The van der Waals surface area contributed by atoms with Gasteiger partial charge in [0.1, 0.15) is 5.75 Å². The smallest absolute Gasteiger partial charge is 0.253 e. The number of nitrogens with one attached hydrogen (secondary N) is 1. The molecular formula is C16H18N2O3S. The van der Waals surface area contributed by atoms with Crippen LogP contribution in [0.5, 0.6) is 5.75 Å². The highest BCUT2D eigenvalue weighted by Gasteiger charge is 2.22. The Morgan fingerprint density at radius 1 is 1.05 bits per heavy atom. The van der Waals surface area contributed by atoms with Crippen molar-refractivity contribution in [3.8, 4) is 5.75 Å². The Kier molecular flexibility index (Phi) is 4.15. The van der Waals surface area contributed by atoms with Crippen LogP contribution in [0.15, 0.2) is 53.4 Å². The lowest BCUT2D eigenvalue weighted by Crippen LogP contribution is -2.44. The van der Waals surface area contributed by atoms with Gasteiger partial charge in [0.25, 0.3) is 10.0 Å². The zero-order valence-corrected chi connectivity index (χ0v) is 13.1. The first-order valence-electron chi connectivity index (χ1n) is 7.07. The number of rotatable bonds is 4. The topological polar surface area (TPSA) is 58.6 Å². The van der Waals surface area contributed by atoms with Gasteiger partial charge in [0, 0.05) is 13.1 Å². The van der Waals surface area contributed by atoms with Gasteiger partial charge in [-0.05, 0) is 41.8 Å². The van der Waals surface area contributed by atoms with E-state index in [9.17, 15) is 8.42 Å². The van der Waals surface area contributed by atoms with Crippen molar-refractivity contribution in [1.29, 1.82) is 0 Å². The number of benzene rings is 2. The van der Waals surface area contributed by atoms with Crippen molar-refractivity contribution >= 4 is 10.0 Å². The predicted molar refractivity (Wildman–Crippen MR) is 83.9 cm³/mol. The average Bonchev–Trinajstić information content (AvgIpc) is 2.54. The van der Waals surface area contributed by atoms with Gasteiger partial charge in [-0.3, -0.25) is 0 Å². The molecule has 0 fully saturated rings. The SMILES string of the molecule is COc1ccc(S(=O)(=O)NN2CCc3ccccc3C2)cc1. The number of hydrazine groups is 1. The molecule has 0 aliphatic carbocycles. The van der Waals surface area contributed by atoms with Gasteiger partial charge in [-0.2, -0.15) is 0 Å². The van der Waals surface area contributed by atoms with Crippen LogP contribution in [0.2, 0.25) is 0 Å². The minimum atomic E-state index is -3.57. The summed E-state index contributed by atoms with van der Waals surface area (Å²) in [5.41, 5.74) is 2.44. The molecule has 0 spiro atoms. The van der Waals surface area contributed by atoms with Crippen LogP contribution in [0, 0.1) is 0 Å². The van der Waals surface area contributed by atoms with E-state index < -0.39 is 10.0 Å². The van der Waals surface area contributed by atoms with E-state index in [1.807, 2.05) is 18.2 Å². The highest BCUT2D eigenvalue weighted by molar-refractivity contribution is 7.89. The fourth-order valence-electron chi connectivity index (χ4n) is 2.55. The molecular weight excluding hydrogens is 300 g/mol. The molecule has 0 saturated heterocycles. The van der Waals surface area contributed by atoms with E-state index in [-0.39, 0.29) is 4.90 Å². The van der Waals surface area contributed by atoms with Crippen LogP contribution in [-0.2, 0) is 23.0 Å². The minimum Gasteiger partial charge on any atom is -0.497 e. The van der Waals surface area contributed by atoms with Gasteiger partial charge in [-0.25, -0.2) is 13.4 Å². The largest absolute Gasteiger partial charge is 0.497 e. The summed E-state index contributed by atoms with van der Waals surface area (Å²) in [4.78, 5) is 2.88. The zero-order chi connectivity index (χ0) is 15.6. The molecule has 0 unspecified atom stereocenters. The second-order valence-electron chi connectivity index (χ2n) is 5.21. The molecule has 1 N–H and O–H groups in total. The first kappa shape index (κ1) is 15.0. The van der Waals surface area contributed by atoms with Crippen LogP contribution in [0.1, 0.15) is 11.1 Å². The summed E-state index contributed by atoms with van der Waals surface area (Å²) in [6.45, 7) is 1.23. The molecule has 1 heterocycles. The molecule has 0 bridgehead atoms. The van der Waals surface area contributed by atoms with Gasteiger partial charge in [-0.1, -0.05) is 24.3 Å². The molecule has 0 atom stereocenters. The van der Waals surface area contributed by atoms with Crippen LogP contribution >= 0.6 is 0 Å². The highest BCUT2D eigenvalue weighted by Crippen LogP contribution is 2.19. The Labute approximate surface area is 130 Å². The lowest BCUT2D eigenvalue weighted by molar-refractivity contribution is 0.221. The number of hydrogen-bond acceptors (Lipinski definition) is 4. The molecule has 3 rings (SSSR count). The van der Waals surface area contributed by atoms with Crippen LogP contribution in [-0.4, -0.2) is 27.1 Å². The maximum absolute atomic E-state index is 12.4. The van der Waals surface area contributed by atoms with Crippen molar-refractivity contribution in [2.45, 2.75) is 17.9 Å². The van der Waals surface area contributed by atoms with Crippen molar-refractivity contribution in [1.82, 2.24) is 9.84 Å². The zero-order valence-electron chi connectivity index (χ0n) is 12.3. The Bertz CT molecular complexity index is 757. The molecule has 1 aliphatic heterocycles. The summed E-state index contributed by atoms with van der Waals surface area (Å²) >= 11 is 0. The number of ether oxygens (including phenoxy) is 1. The van der Waals surface area contributed by atoms with E-state index in [0.717, 1.165) is 12.0 Å². The Balaban J connectivity index is 1.75. The Morgan fingerprint density at radius 2 is 1.73 bits per heavy atom. The summed E-state index contributed by atoms with van der Waals surface area (Å²) in [5, 5.41) is 1.74. The lowest BCUT2D eigenvalue weighted by Gasteiger charge is -2.28. The van der Waals surface area contributed by atoms with Crippen molar-refractivity contribution in [3.05, 3.63) is 59.7 Å². The van der Waals surface area contributed by atoms with Crippen LogP contribution in [0.3, 0.4) is 0 Å². The normalized spacial score (nSPS) is 15.3. The molecule has 2 aromatic rings. The van der Waals surface area contributed by atoms with E-state index in [1.54, 1.807) is 36.4 Å². The summed E-state index contributed by atoms with van der Waals surface area (Å²) in [6, 6.07) is 14.5. The Hall–Kier alpha value is -1.89. The van der Waals surface area contributed by atoms with Crippen LogP contribution in [0.25, 0.3) is 0 Å². The second kappa shape index (κ2) is 6.08. The molecule has 0 radical (unpaired) electrons. The molecule has 1 aliphatic rings. The van der Waals surface area contributed by atoms with E-state index >= 15 is 0 Å². The molecule has 22 heavy (non-hydrogen) atoms. The summed E-state index contributed by atoms with van der Waals surface area (Å²) < 4.78 is 29.9. The monoisotopic (exact) mass is 318 g/mol. The second-order valence-corrected chi connectivity index (χ2v) is 6.87. The van der Waals surface area contributed by atoms with Crippen molar-refractivity contribution < 1.29 is 13.2 Å². The summed E-state index contributed by atoms with van der Waals surface area (Å²) in [5.74, 6) is 0.630. The standard InChI is InChI=1S/C16H18N2O3S/c1-21-15-6-8-16(9-7-15)22(19,20)17-18-11-10-13-4-2-3-5-14(13)12-18/h2-9,17H,10-12H2,1H3. The number of methoxy groups -OCH3 is 1. The van der Waals surface area contributed by atoms with Crippen LogP contribution < -0.4 is 9.57 Å². The van der Waals surface area contributed by atoms with E-state index in [0.29, 0.717) is 18.8 Å². The third-order valence-corrected chi connectivity index (χ3v) is 5.14. The molecule has 2 aromatic carbocycles. The molecule has 0 aromatic heterocycles. The summed E-state index contributed by atoms with van der Waals surface area (Å²) in [7, 11) is -2.02. The van der Waals surface area contributed by atoms with Crippen LogP contribution in [0.4, 0.5) is 0 Å². The van der Waals surface area contributed by atoms with E-state index in [4.69, 9.17) is 4.74 Å². The number of hydrogen-bond donors (Lipinski definition) is 1. The number of nitrogens with zero attached hydrogens (tertiary/aromatic N) is 1. The third-order valence-electron chi connectivity index (χ3n) is 3.75. The maximum atomic E-state index is 12.4.